The first kappa shape index (κ1) is 46.7. The molecule has 0 radical (unpaired) electrons. The van der Waals surface area contributed by atoms with Crippen molar-refractivity contribution >= 4 is 97.0 Å². The van der Waals surface area contributed by atoms with Crippen LogP contribution in [0.2, 0.25) is 13.1 Å². The zero-order valence-corrected chi connectivity index (χ0v) is 45.5. The van der Waals surface area contributed by atoms with Gasteiger partial charge in [-0.3, -0.25) is 0 Å². The van der Waals surface area contributed by atoms with E-state index in [0.29, 0.717) is 0 Å². The van der Waals surface area contributed by atoms with Crippen LogP contribution in [0.1, 0.15) is 66.8 Å². The minimum atomic E-state index is -2.23. The van der Waals surface area contributed by atoms with Crippen molar-refractivity contribution in [2.75, 3.05) is 0 Å². The normalized spacial score (nSPS) is 12.8. The second kappa shape index (κ2) is 17.3. The lowest BCUT2D eigenvalue weighted by atomic mass is 9.34. The molecule has 1 aliphatic rings. The quantitative estimate of drug-likeness (QED) is 0.110. The highest BCUT2D eigenvalue weighted by Crippen LogP contribution is 2.43. The average molecular weight is 933 g/mol. The van der Waals surface area contributed by atoms with Crippen molar-refractivity contribution in [3.05, 3.63) is 212 Å². The van der Waals surface area contributed by atoms with Crippen molar-refractivity contribution in [1.29, 1.82) is 0 Å². The van der Waals surface area contributed by atoms with Gasteiger partial charge in [0.25, 0.3) is 0 Å². The third-order valence-electron chi connectivity index (χ3n) is 16.7. The summed E-state index contributed by atoms with van der Waals surface area (Å²) < 4.78 is 0. The molecule has 0 unspecified atom stereocenters. The number of benzene rings is 10. The number of aryl methyl sites for hydroxylation is 12. The predicted molar refractivity (Wildman–Crippen MR) is 319 cm³/mol. The fraction of sp³-hybridized carbons (Fsp3) is 0.206. The molecule has 348 valence electrons. The molecular formula is C68H66B2Si. The molecule has 0 spiro atoms. The molecule has 3 heteroatoms. The Bertz CT molecular complexity index is 3660. The molecule has 0 atom stereocenters. The van der Waals surface area contributed by atoms with Gasteiger partial charge < -0.3 is 0 Å². The number of hydrogen-bond acceptors (Lipinski definition) is 0. The fourth-order valence-electron chi connectivity index (χ4n) is 14.1. The summed E-state index contributed by atoms with van der Waals surface area (Å²) in [7, 11) is -2.23. The first-order valence-electron chi connectivity index (χ1n) is 25.9. The number of rotatable bonds is 7. The van der Waals surface area contributed by atoms with E-state index in [-0.39, 0.29) is 13.4 Å². The van der Waals surface area contributed by atoms with Gasteiger partial charge in [0, 0.05) is 0 Å². The van der Waals surface area contributed by atoms with Crippen molar-refractivity contribution in [3.63, 3.8) is 0 Å². The van der Waals surface area contributed by atoms with E-state index in [1.54, 1.807) is 0 Å². The van der Waals surface area contributed by atoms with E-state index in [1.807, 2.05) is 0 Å². The van der Waals surface area contributed by atoms with Gasteiger partial charge in [-0.2, -0.15) is 0 Å². The van der Waals surface area contributed by atoms with Crippen LogP contribution in [0.5, 0.6) is 0 Å². The minimum Gasteiger partial charge on any atom is -0.0687 e. The molecule has 0 amide bonds. The summed E-state index contributed by atoms with van der Waals surface area (Å²) >= 11 is 0. The minimum absolute atomic E-state index is 0.133. The molecule has 0 fully saturated rings. The molecule has 0 saturated heterocycles. The van der Waals surface area contributed by atoms with Gasteiger partial charge in [-0.05, 0) is 160 Å². The average Bonchev–Trinajstić information content (AvgIpc) is 3.30. The Morgan fingerprint density at radius 3 is 1.17 bits per heavy atom. The Hall–Kier alpha value is -6.67. The SMILES string of the molecule is Cc1cc(C)c(B(c2ccc(-c3cc4c5cccc6c5c(cc4c4ccccc34)-c3ccc(B(c4c(C)cc(C)cc4C)c4c(C)cc(C)cc4C)cc3[Si]6(C)C)cc2)c2c(C)cc(C)cc2C)c(C)c1. The summed E-state index contributed by atoms with van der Waals surface area (Å²) in [5, 5.41) is 11.1. The van der Waals surface area contributed by atoms with Crippen LogP contribution in [0.4, 0.5) is 0 Å². The van der Waals surface area contributed by atoms with Crippen LogP contribution in [0.15, 0.2) is 146 Å². The lowest BCUT2D eigenvalue weighted by molar-refractivity contribution is 1.34. The zero-order valence-electron chi connectivity index (χ0n) is 44.5. The monoisotopic (exact) mass is 933 g/mol. The molecular weight excluding hydrogens is 866 g/mol. The van der Waals surface area contributed by atoms with E-state index >= 15 is 0 Å². The maximum absolute atomic E-state index is 2.65. The van der Waals surface area contributed by atoms with Gasteiger partial charge in [0.1, 0.15) is 8.07 Å². The molecule has 1 heterocycles. The Morgan fingerprint density at radius 1 is 0.296 bits per heavy atom. The molecule has 0 saturated carbocycles. The first-order chi connectivity index (χ1) is 33.9. The largest absolute Gasteiger partial charge is 0.242 e. The van der Waals surface area contributed by atoms with E-state index in [0.717, 1.165) is 0 Å². The number of fused-ring (bicyclic) bond motifs is 6. The molecule has 0 aromatic heterocycles. The van der Waals surface area contributed by atoms with Crippen molar-refractivity contribution in [1.82, 2.24) is 0 Å². The molecule has 1 aliphatic heterocycles. The van der Waals surface area contributed by atoms with Gasteiger partial charge in [-0.1, -0.05) is 246 Å². The van der Waals surface area contributed by atoms with E-state index in [2.05, 4.69) is 242 Å². The van der Waals surface area contributed by atoms with Crippen molar-refractivity contribution < 1.29 is 0 Å². The van der Waals surface area contributed by atoms with Crippen LogP contribution in [0.25, 0.3) is 54.6 Å². The molecule has 10 aromatic carbocycles. The maximum Gasteiger partial charge on any atom is 0.242 e. The summed E-state index contributed by atoms with van der Waals surface area (Å²) in [6.07, 6.45) is 0. The zero-order chi connectivity index (χ0) is 49.9. The maximum atomic E-state index is 2.65. The topological polar surface area (TPSA) is 0 Å². The molecule has 0 aliphatic carbocycles. The lowest BCUT2D eigenvalue weighted by Gasteiger charge is -2.35. The molecule has 0 N–H and O–H groups in total. The van der Waals surface area contributed by atoms with Gasteiger partial charge in [-0.25, -0.2) is 0 Å². The molecule has 71 heavy (non-hydrogen) atoms. The van der Waals surface area contributed by atoms with E-state index < -0.39 is 8.07 Å². The summed E-state index contributed by atoms with van der Waals surface area (Å²) in [5.74, 6) is 0. The highest BCUT2D eigenvalue weighted by molar-refractivity contribution is 7.04. The molecule has 0 bridgehead atoms. The third-order valence-corrected chi connectivity index (χ3v) is 20.2. The van der Waals surface area contributed by atoms with Gasteiger partial charge in [-0.15, -0.1) is 0 Å². The van der Waals surface area contributed by atoms with Crippen LogP contribution in [0, 0.1) is 83.1 Å². The summed E-state index contributed by atoms with van der Waals surface area (Å²) in [5.41, 5.74) is 29.9. The third kappa shape index (κ3) is 7.57. The standard InChI is InChI=1S/C68H66B2Si/c1-39-28-43(5)65(44(6)29-39)69(66-45(7)30-40(2)31-46(66)8)52-24-22-51(23-25-52)58-37-60-57-20-17-21-62-64(57)61(38-59(60)55-19-16-15-18-54(55)58)56-27-26-53(36-63(56)71(62,13)14)70(67-47(9)32-41(3)33-48(67)10)68-49(11)34-42(4)35-50(68)12/h15-38H,1-14H3. The lowest BCUT2D eigenvalue weighted by Crippen LogP contribution is -2.60. The van der Waals surface area contributed by atoms with Crippen LogP contribution in [-0.4, -0.2) is 21.5 Å². The second-order valence-electron chi connectivity index (χ2n) is 22.4. The van der Waals surface area contributed by atoms with E-state index in [1.165, 1.54) is 164 Å². The van der Waals surface area contributed by atoms with Crippen LogP contribution < -0.4 is 43.2 Å². The highest BCUT2D eigenvalue weighted by atomic mass is 28.3. The van der Waals surface area contributed by atoms with Gasteiger partial charge in [0.2, 0.25) is 13.4 Å². The molecule has 10 aromatic rings. The van der Waals surface area contributed by atoms with E-state index in [4.69, 9.17) is 0 Å². The smallest absolute Gasteiger partial charge is 0.0687 e. The Morgan fingerprint density at radius 2 is 0.690 bits per heavy atom. The van der Waals surface area contributed by atoms with Crippen molar-refractivity contribution in [3.8, 4) is 22.3 Å². The molecule has 0 nitrogen and oxygen atoms in total. The van der Waals surface area contributed by atoms with E-state index in [9.17, 15) is 0 Å². The molecule has 11 rings (SSSR count). The van der Waals surface area contributed by atoms with Crippen LogP contribution in [0.3, 0.4) is 0 Å². The highest BCUT2D eigenvalue weighted by Gasteiger charge is 2.38. The first-order valence-corrected chi connectivity index (χ1v) is 28.9. The summed E-state index contributed by atoms with van der Waals surface area (Å²) in [6.45, 7) is 32.8. The number of hydrogen-bond donors (Lipinski definition) is 0. The Kier molecular flexibility index (Phi) is 11.4. The van der Waals surface area contributed by atoms with Crippen molar-refractivity contribution in [2.45, 2.75) is 96.2 Å². The Balaban J connectivity index is 1.10. The summed E-state index contributed by atoms with van der Waals surface area (Å²) in [6, 6.07) is 57.7. The second-order valence-corrected chi connectivity index (χ2v) is 26.7. The summed E-state index contributed by atoms with van der Waals surface area (Å²) in [4.78, 5) is 0. The Labute approximate surface area is 425 Å². The van der Waals surface area contributed by atoms with Gasteiger partial charge in [0.05, 0.1) is 0 Å². The predicted octanol–water partition coefficient (Wildman–Crippen LogP) is 12.3. The fourth-order valence-corrected chi connectivity index (χ4v) is 17.2. The van der Waals surface area contributed by atoms with Crippen LogP contribution >= 0.6 is 0 Å². The van der Waals surface area contributed by atoms with Gasteiger partial charge in [0.15, 0.2) is 0 Å². The van der Waals surface area contributed by atoms with Crippen LogP contribution in [-0.2, 0) is 0 Å². The van der Waals surface area contributed by atoms with Crippen molar-refractivity contribution in [2.24, 2.45) is 0 Å². The van der Waals surface area contributed by atoms with Gasteiger partial charge >= 0.3 is 0 Å².